The zero-order valence-corrected chi connectivity index (χ0v) is 13.7. The first kappa shape index (κ1) is 17.9. The van der Waals surface area contributed by atoms with Crippen LogP contribution in [0, 0.1) is 5.82 Å². The van der Waals surface area contributed by atoms with Gasteiger partial charge in [-0.15, -0.1) is 0 Å². The lowest BCUT2D eigenvalue weighted by molar-refractivity contribution is 0.283. The summed E-state index contributed by atoms with van der Waals surface area (Å²) in [6.45, 7) is 7.98. The molecule has 0 saturated carbocycles. The second-order valence-electron chi connectivity index (χ2n) is 6.56. The van der Waals surface area contributed by atoms with Crippen LogP contribution in [0.15, 0.2) is 18.2 Å². The van der Waals surface area contributed by atoms with Crippen LogP contribution in [0.1, 0.15) is 45.6 Å². The summed E-state index contributed by atoms with van der Waals surface area (Å²) >= 11 is 0. The zero-order chi connectivity index (χ0) is 15.9. The number of unbranched alkanes of at least 4 members (excludes halogenated alkanes) is 2. The molecule has 4 heteroatoms. The SMILES string of the molecule is CN(CCCCCO)c1c(F)cccc1CNC(C)(C)C. The number of rotatable bonds is 8. The van der Waals surface area contributed by atoms with E-state index in [-0.39, 0.29) is 18.0 Å². The van der Waals surface area contributed by atoms with E-state index in [0.29, 0.717) is 12.2 Å². The molecule has 0 unspecified atom stereocenters. The van der Waals surface area contributed by atoms with Crippen LogP contribution < -0.4 is 10.2 Å². The number of nitrogens with zero attached hydrogens (tertiary/aromatic N) is 1. The average molecular weight is 296 g/mol. The molecule has 2 N–H and O–H groups in total. The number of para-hydroxylation sites is 1. The zero-order valence-electron chi connectivity index (χ0n) is 13.7. The molecule has 0 aliphatic carbocycles. The van der Waals surface area contributed by atoms with Crippen LogP contribution in [-0.2, 0) is 6.54 Å². The first-order valence-corrected chi connectivity index (χ1v) is 7.69. The second-order valence-corrected chi connectivity index (χ2v) is 6.56. The minimum absolute atomic E-state index is 0.00326. The van der Waals surface area contributed by atoms with Gasteiger partial charge >= 0.3 is 0 Å². The maximum Gasteiger partial charge on any atom is 0.146 e. The maximum absolute atomic E-state index is 14.2. The minimum Gasteiger partial charge on any atom is -0.396 e. The maximum atomic E-state index is 14.2. The number of hydrogen-bond acceptors (Lipinski definition) is 3. The highest BCUT2D eigenvalue weighted by molar-refractivity contribution is 5.54. The lowest BCUT2D eigenvalue weighted by atomic mass is 10.1. The fourth-order valence-corrected chi connectivity index (χ4v) is 2.24. The summed E-state index contributed by atoms with van der Waals surface area (Å²) in [6, 6.07) is 5.25. The molecule has 1 rings (SSSR count). The van der Waals surface area contributed by atoms with Crippen LogP contribution >= 0.6 is 0 Å². The van der Waals surface area contributed by atoms with Crippen LogP contribution in [0.5, 0.6) is 0 Å². The number of halogens is 1. The van der Waals surface area contributed by atoms with E-state index in [1.54, 1.807) is 6.07 Å². The highest BCUT2D eigenvalue weighted by Crippen LogP contribution is 2.24. The minimum atomic E-state index is -0.173. The summed E-state index contributed by atoms with van der Waals surface area (Å²) in [5.74, 6) is -0.173. The van der Waals surface area contributed by atoms with Gasteiger partial charge in [0.2, 0.25) is 0 Å². The standard InChI is InChI=1S/C17H29FN2O/c1-17(2,3)19-13-14-9-8-10-15(18)16(14)20(4)11-6-5-7-12-21/h8-10,19,21H,5-7,11-13H2,1-4H3. The van der Waals surface area contributed by atoms with Crippen LogP contribution in [0.3, 0.4) is 0 Å². The van der Waals surface area contributed by atoms with Crippen LogP contribution in [-0.4, -0.2) is 30.8 Å². The molecule has 0 heterocycles. The fourth-order valence-electron chi connectivity index (χ4n) is 2.24. The van der Waals surface area contributed by atoms with Gasteiger partial charge in [-0.25, -0.2) is 4.39 Å². The quantitative estimate of drug-likeness (QED) is 0.722. The lowest BCUT2D eigenvalue weighted by Gasteiger charge is -2.26. The number of anilines is 1. The molecular formula is C17H29FN2O. The molecule has 120 valence electrons. The first-order chi connectivity index (χ1) is 9.85. The molecule has 1 aromatic rings. The normalized spacial score (nSPS) is 11.7. The van der Waals surface area contributed by atoms with Crippen molar-refractivity contribution >= 4 is 5.69 Å². The molecule has 0 atom stereocenters. The molecule has 0 aliphatic heterocycles. The Balaban J connectivity index is 2.74. The van der Waals surface area contributed by atoms with Crippen LogP contribution in [0.25, 0.3) is 0 Å². The van der Waals surface area contributed by atoms with Gasteiger partial charge in [-0.05, 0) is 51.7 Å². The van der Waals surface area contributed by atoms with Gasteiger partial charge in [-0.2, -0.15) is 0 Å². The number of aliphatic hydroxyl groups excluding tert-OH is 1. The molecule has 0 amide bonds. The summed E-state index contributed by atoms with van der Waals surface area (Å²) < 4.78 is 14.2. The number of hydrogen-bond donors (Lipinski definition) is 2. The van der Waals surface area contributed by atoms with Crippen molar-refractivity contribution in [1.82, 2.24) is 5.32 Å². The Kier molecular flexibility index (Phi) is 7.12. The van der Waals surface area contributed by atoms with Gasteiger partial charge in [0.1, 0.15) is 5.82 Å². The molecule has 0 aromatic heterocycles. The van der Waals surface area contributed by atoms with Crippen molar-refractivity contribution in [2.24, 2.45) is 0 Å². The van der Waals surface area contributed by atoms with Crippen LogP contribution in [0.4, 0.5) is 10.1 Å². The van der Waals surface area contributed by atoms with Crippen molar-refractivity contribution in [3.63, 3.8) is 0 Å². The van der Waals surface area contributed by atoms with Gasteiger partial charge in [0, 0.05) is 32.3 Å². The third-order valence-corrected chi connectivity index (χ3v) is 3.41. The molecule has 0 aliphatic rings. The smallest absolute Gasteiger partial charge is 0.146 e. The molecule has 3 nitrogen and oxygen atoms in total. The Bertz CT molecular complexity index is 429. The molecule has 0 fully saturated rings. The summed E-state index contributed by atoms with van der Waals surface area (Å²) in [5.41, 5.74) is 1.66. The third-order valence-electron chi connectivity index (χ3n) is 3.41. The Labute approximate surface area is 128 Å². The number of benzene rings is 1. The Hall–Kier alpha value is -1.13. The van der Waals surface area contributed by atoms with Crippen molar-refractivity contribution in [2.75, 3.05) is 25.1 Å². The number of nitrogens with one attached hydrogen (secondary N) is 1. The van der Waals surface area contributed by atoms with E-state index in [9.17, 15) is 4.39 Å². The van der Waals surface area contributed by atoms with Gasteiger partial charge in [-0.3, -0.25) is 0 Å². The second kappa shape index (κ2) is 8.35. The Morgan fingerprint density at radius 1 is 1.19 bits per heavy atom. The molecule has 0 radical (unpaired) electrons. The predicted octanol–water partition coefficient (Wildman–Crippen LogP) is 3.31. The van der Waals surface area contributed by atoms with Gasteiger partial charge in [-0.1, -0.05) is 12.1 Å². The Morgan fingerprint density at radius 3 is 2.52 bits per heavy atom. The van der Waals surface area contributed by atoms with Crippen LogP contribution in [0.2, 0.25) is 0 Å². The Morgan fingerprint density at radius 2 is 1.90 bits per heavy atom. The third kappa shape index (κ3) is 6.44. The highest BCUT2D eigenvalue weighted by Gasteiger charge is 2.15. The van der Waals surface area contributed by atoms with Gasteiger partial charge < -0.3 is 15.3 Å². The molecular weight excluding hydrogens is 267 g/mol. The van der Waals surface area contributed by atoms with Gasteiger partial charge in [0.25, 0.3) is 0 Å². The molecule has 21 heavy (non-hydrogen) atoms. The first-order valence-electron chi connectivity index (χ1n) is 7.69. The fraction of sp³-hybridized carbons (Fsp3) is 0.647. The monoisotopic (exact) mass is 296 g/mol. The van der Waals surface area contributed by atoms with Crippen molar-refractivity contribution in [3.8, 4) is 0 Å². The van der Waals surface area contributed by atoms with E-state index in [2.05, 4.69) is 26.1 Å². The van der Waals surface area contributed by atoms with Crippen molar-refractivity contribution in [3.05, 3.63) is 29.6 Å². The largest absolute Gasteiger partial charge is 0.396 e. The average Bonchev–Trinajstić information content (AvgIpc) is 2.40. The highest BCUT2D eigenvalue weighted by atomic mass is 19.1. The molecule has 1 aromatic carbocycles. The molecule has 0 spiro atoms. The lowest BCUT2D eigenvalue weighted by Crippen LogP contribution is -2.35. The molecule has 0 saturated heterocycles. The number of aliphatic hydroxyl groups is 1. The van der Waals surface area contributed by atoms with E-state index < -0.39 is 0 Å². The van der Waals surface area contributed by atoms with E-state index in [4.69, 9.17) is 5.11 Å². The summed E-state index contributed by atoms with van der Waals surface area (Å²) in [7, 11) is 1.93. The van der Waals surface area contributed by atoms with E-state index >= 15 is 0 Å². The van der Waals surface area contributed by atoms with Crippen molar-refractivity contribution in [2.45, 2.75) is 52.1 Å². The van der Waals surface area contributed by atoms with E-state index in [0.717, 1.165) is 31.4 Å². The van der Waals surface area contributed by atoms with E-state index in [1.807, 2.05) is 18.0 Å². The summed E-state index contributed by atoms with van der Waals surface area (Å²) in [5, 5.41) is 12.2. The summed E-state index contributed by atoms with van der Waals surface area (Å²) in [6.07, 6.45) is 2.73. The predicted molar refractivity (Wildman–Crippen MR) is 87.2 cm³/mol. The topological polar surface area (TPSA) is 35.5 Å². The summed E-state index contributed by atoms with van der Waals surface area (Å²) in [4.78, 5) is 1.98. The van der Waals surface area contributed by atoms with E-state index in [1.165, 1.54) is 6.07 Å². The van der Waals surface area contributed by atoms with Crippen molar-refractivity contribution < 1.29 is 9.50 Å². The van der Waals surface area contributed by atoms with Gasteiger partial charge in [0.05, 0.1) is 5.69 Å². The van der Waals surface area contributed by atoms with Crippen molar-refractivity contribution in [1.29, 1.82) is 0 Å². The molecule has 0 bridgehead atoms. The van der Waals surface area contributed by atoms with Gasteiger partial charge in [0.15, 0.2) is 0 Å².